The minimum absolute atomic E-state index is 0.0163. The number of nitrogens with one attached hydrogen (secondary N) is 2. The van der Waals surface area contributed by atoms with Crippen LogP contribution in [0, 0.1) is 6.92 Å². The molecule has 45 heavy (non-hydrogen) atoms. The highest BCUT2D eigenvalue weighted by Gasteiger charge is 2.34. The number of amides is 2. The smallest absolute Gasteiger partial charge is 0.245 e. The molecule has 3 aromatic rings. The van der Waals surface area contributed by atoms with Gasteiger partial charge in [-0.25, -0.2) is 0 Å². The minimum atomic E-state index is -0.633. The van der Waals surface area contributed by atoms with Crippen LogP contribution in [0.1, 0.15) is 47.7 Å². The lowest BCUT2D eigenvalue weighted by atomic mass is 9.95. The molecule has 1 fully saturated rings. The summed E-state index contributed by atoms with van der Waals surface area (Å²) < 4.78 is 5.77. The highest BCUT2D eigenvalue weighted by atomic mass is 16.5. The van der Waals surface area contributed by atoms with Gasteiger partial charge in [0.25, 0.3) is 0 Å². The van der Waals surface area contributed by atoms with Gasteiger partial charge in [-0.2, -0.15) is 0 Å². The van der Waals surface area contributed by atoms with Gasteiger partial charge < -0.3 is 25.2 Å². The van der Waals surface area contributed by atoms with Gasteiger partial charge in [-0.05, 0) is 49.2 Å². The van der Waals surface area contributed by atoms with Crippen LogP contribution in [0.4, 0.5) is 0 Å². The first-order valence-electron chi connectivity index (χ1n) is 16.4. The van der Waals surface area contributed by atoms with Gasteiger partial charge in [-0.1, -0.05) is 86.1 Å². The molecule has 0 radical (unpaired) electrons. The molecule has 3 unspecified atom stereocenters. The number of ether oxygens (including phenoxy) is 1. The van der Waals surface area contributed by atoms with E-state index < -0.39 is 6.04 Å². The number of methoxy groups -OCH3 is 1. The van der Waals surface area contributed by atoms with E-state index in [2.05, 4.69) is 89.7 Å². The molecule has 2 aliphatic heterocycles. The van der Waals surface area contributed by atoms with Gasteiger partial charge >= 0.3 is 0 Å². The quantitative estimate of drug-likeness (QED) is 0.323. The summed E-state index contributed by atoms with van der Waals surface area (Å²) in [7, 11) is 1.73. The zero-order chi connectivity index (χ0) is 31.8. The maximum absolute atomic E-state index is 14.1. The Bertz CT molecular complexity index is 1420. The van der Waals surface area contributed by atoms with E-state index in [1.54, 1.807) is 7.11 Å². The molecule has 8 heteroatoms. The number of nitrogens with zero attached hydrogens (tertiary/aromatic N) is 3. The number of carbonyl (C=O) groups is 2. The summed E-state index contributed by atoms with van der Waals surface area (Å²) in [6.45, 7) is 12.7. The van der Waals surface area contributed by atoms with Gasteiger partial charge in [0.15, 0.2) is 0 Å². The molecule has 0 bridgehead atoms. The van der Waals surface area contributed by atoms with Crippen LogP contribution in [0.15, 0.2) is 72.8 Å². The number of carbonyl (C=O) groups excluding carboxylic acids is 2. The summed E-state index contributed by atoms with van der Waals surface area (Å²) in [6.07, 6.45) is 1.07. The van der Waals surface area contributed by atoms with Crippen LogP contribution in [0.3, 0.4) is 0 Å². The number of hydrogen-bond donors (Lipinski definition) is 2. The number of para-hydroxylation sites is 1. The van der Waals surface area contributed by atoms with Crippen molar-refractivity contribution in [1.29, 1.82) is 0 Å². The van der Waals surface area contributed by atoms with Gasteiger partial charge in [0.1, 0.15) is 11.8 Å². The molecule has 0 aliphatic carbocycles. The molecule has 8 nitrogen and oxygen atoms in total. The lowest BCUT2D eigenvalue weighted by Crippen LogP contribution is -2.58. The van der Waals surface area contributed by atoms with Gasteiger partial charge in [0.05, 0.1) is 19.2 Å². The first kappa shape index (κ1) is 32.7. The summed E-state index contributed by atoms with van der Waals surface area (Å²) in [5.41, 5.74) is 5.79. The molecule has 3 aromatic carbocycles. The average molecular weight is 612 g/mol. The monoisotopic (exact) mass is 611 g/mol. The van der Waals surface area contributed by atoms with Crippen LogP contribution in [0.2, 0.25) is 0 Å². The number of piperazine rings is 1. The van der Waals surface area contributed by atoms with Crippen molar-refractivity contribution in [2.45, 2.75) is 58.3 Å². The van der Waals surface area contributed by atoms with Crippen LogP contribution < -0.4 is 15.4 Å². The molecule has 0 spiro atoms. The van der Waals surface area contributed by atoms with E-state index in [4.69, 9.17) is 4.74 Å². The second kappa shape index (κ2) is 15.5. The van der Waals surface area contributed by atoms with E-state index in [0.29, 0.717) is 32.5 Å². The number of likely N-dealkylation sites (N-methyl/N-ethyl adjacent to an activating group) is 1. The summed E-state index contributed by atoms with van der Waals surface area (Å²) in [5.74, 6) is 0.759. The maximum Gasteiger partial charge on any atom is 0.245 e. The van der Waals surface area contributed by atoms with E-state index >= 15 is 0 Å². The van der Waals surface area contributed by atoms with Crippen molar-refractivity contribution < 1.29 is 14.3 Å². The second-order valence-electron chi connectivity index (χ2n) is 12.3. The normalized spacial score (nSPS) is 18.2. The first-order valence-corrected chi connectivity index (χ1v) is 16.4. The summed E-state index contributed by atoms with van der Waals surface area (Å²) >= 11 is 0. The zero-order valence-electron chi connectivity index (χ0n) is 27.3. The molecular weight excluding hydrogens is 562 g/mol. The van der Waals surface area contributed by atoms with Crippen LogP contribution >= 0.6 is 0 Å². The van der Waals surface area contributed by atoms with Crippen molar-refractivity contribution >= 4 is 11.8 Å². The minimum Gasteiger partial charge on any atom is -0.496 e. The molecule has 0 aromatic heterocycles. The fourth-order valence-corrected chi connectivity index (χ4v) is 6.62. The number of benzene rings is 3. The van der Waals surface area contributed by atoms with E-state index in [1.807, 2.05) is 29.2 Å². The summed E-state index contributed by atoms with van der Waals surface area (Å²) in [6, 6.07) is 23.9. The Balaban J connectivity index is 1.30. The van der Waals surface area contributed by atoms with Gasteiger partial charge in [-0.15, -0.1) is 0 Å². The Labute approximate surface area is 268 Å². The average Bonchev–Trinajstić information content (AvgIpc) is 3.09. The van der Waals surface area contributed by atoms with E-state index in [1.165, 1.54) is 22.3 Å². The zero-order valence-corrected chi connectivity index (χ0v) is 27.3. The van der Waals surface area contributed by atoms with Crippen LogP contribution in [0.5, 0.6) is 5.75 Å². The molecule has 2 heterocycles. The Morgan fingerprint density at radius 2 is 1.60 bits per heavy atom. The molecule has 240 valence electrons. The van der Waals surface area contributed by atoms with Crippen molar-refractivity contribution in [3.8, 4) is 5.75 Å². The predicted molar refractivity (Wildman–Crippen MR) is 179 cm³/mol. The first-order chi connectivity index (χ1) is 21.9. The number of aryl methyl sites for hydroxylation is 1. The highest BCUT2D eigenvalue weighted by molar-refractivity contribution is 5.90. The van der Waals surface area contributed by atoms with Crippen molar-refractivity contribution in [2.24, 2.45) is 0 Å². The van der Waals surface area contributed by atoms with E-state index in [9.17, 15) is 9.59 Å². The molecule has 2 N–H and O–H groups in total. The standard InChI is InChI=1S/C37H49N5O3/c1-5-40(6-2)26-34(31-13-9-10-14-35(31)45-4)41-19-21-42(22-20-41)37(44)33(23-28-17-15-27(3)16-18-28)39-36(43)32-24-29-11-7-8-12-30(29)25-38-32/h7-18,32-34,38H,5-6,19-26H2,1-4H3,(H,39,43). The fraction of sp³-hybridized carbons (Fsp3) is 0.459. The van der Waals surface area contributed by atoms with Gasteiger partial charge in [0, 0.05) is 51.3 Å². The van der Waals surface area contributed by atoms with Crippen LogP contribution in [-0.2, 0) is 29.0 Å². The number of hydrogen-bond acceptors (Lipinski definition) is 6. The third-order valence-corrected chi connectivity index (χ3v) is 9.46. The van der Waals surface area contributed by atoms with E-state index in [0.717, 1.165) is 44.0 Å². The molecule has 0 saturated carbocycles. The van der Waals surface area contributed by atoms with Crippen LogP contribution in [-0.4, -0.2) is 91.5 Å². The second-order valence-corrected chi connectivity index (χ2v) is 12.3. The lowest BCUT2D eigenvalue weighted by molar-refractivity contribution is -0.138. The van der Waals surface area contributed by atoms with Crippen molar-refractivity contribution in [3.63, 3.8) is 0 Å². The Hall–Kier alpha value is -3.72. The SMILES string of the molecule is CCN(CC)CC(c1ccccc1OC)N1CCN(C(=O)C(Cc2ccc(C)cc2)NC(=O)C2Cc3ccccc3CN2)CC1. The third kappa shape index (κ3) is 8.12. The molecule has 1 saturated heterocycles. The maximum atomic E-state index is 14.1. The molecule has 2 amide bonds. The fourth-order valence-electron chi connectivity index (χ4n) is 6.62. The van der Waals surface area contributed by atoms with Crippen molar-refractivity contribution in [2.75, 3.05) is 52.9 Å². The van der Waals surface area contributed by atoms with E-state index in [-0.39, 0.29) is 23.9 Å². The topological polar surface area (TPSA) is 77.2 Å². The van der Waals surface area contributed by atoms with Crippen LogP contribution in [0.25, 0.3) is 0 Å². The lowest BCUT2D eigenvalue weighted by Gasteiger charge is -2.42. The molecule has 2 aliphatic rings. The number of rotatable bonds is 12. The van der Waals surface area contributed by atoms with Crippen molar-refractivity contribution in [1.82, 2.24) is 25.3 Å². The molecular formula is C37H49N5O3. The molecule has 3 atom stereocenters. The van der Waals surface area contributed by atoms with Gasteiger partial charge in [0.2, 0.25) is 11.8 Å². The Morgan fingerprint density at radius 1 is 0.933 bits per heavy atom. The van der Waals surface area contributed by atoms with Crippen molar-refractivity contribution in [3.05, 3.63) is 101 Å². The largest absolute Gasteiger partial charge is 0.496 e. The number of fused-ring (bicyclic) bond motifs is 1. The predicted octanol–water partition coefficient (Wildman–Crippen LogP) is 3.97. The third-order valence-electron chi connectivity index (χ3n) is 9.46. The molecule has 5 rings (SSSR count). The highest BCUT2D eigenvalue weighted by Crippen LogP contribution is 2.31. The summed E-state index contributed by atoms with van der Waals surface area (Å²) in [5, 5.41) is 6.55. The Morgan fingerprint density at radius 3 is 2.29 bits per heavy atom. The summed E-state index contributed by atoms with van der Waals surface area (Å²) in [4.78, 5) is 34.6. The van der Waals surface area contributed by atoms with Gasteiger partial charge in [-0.3, -0.25) is 14.5 Å². The Kier molecular flexibility index (Phi) is 11.3.